The van der Waals surface area contributed by atoms with Crippen molar-refractivity contribution in [2.75, 3.05) is 70.5 Å². The third-order valence-electron chi connectivity index (χ3n) is 7.56. The predicted octanol–water partition coefficient (Wildman–Crippen LogP) is 3.64. The fraction of sp³-hybridized carbons (Fsp3) is 0.387. The van der Waals surface area contributed by atoms with E-state index in [1.807, 2.05) is 12.1 Å². The van der Waals surface area contributed by atoms with Gasteiger partial charge in [-0.15, -0.1) is 0 Å². The molecule has 2 aliphatic heterocycles. The zero-order valence-corrected chi connectivity index (χ0v) is 22.2. The Morgan fingerprint density at radius 3 is 2.23 bits per heavy atom. The van der Waals surface area contributed by atoms with Gasteiger partial charge in [0.25, 0.3) is 0 Å². The maximum absolute atomic E-state index is 10.5. The number of carboxylic acid groups (broad SMARTS) is 1. The normalized spacial score (nSPS) is 18.1. The van der Waals surface area contributed by atoms with Gasteiger partial charge in [-0.05, 0) is 59.5 Å². The second-order valence-corrected chi connectivity index (χ2v) is 10.1. The van der Waals surface area contributed by atoms with Crippen LogP contribution in [0.25, 0.3) is 0 Å². The molecule has 1 fully saturated rings. The molecule has 2 aliphatic rings. The van der Waals surface area contributed by atoms with Gasteiger partial charge < -0.3 is 24.6 Å². The molecule has 0 radical (unpaired) electrons. The highest BCUT2D eigenvalue weighted by Crippen LogP contribution is 2.39. The molecular weight excluding hydrogens is 494 g/mol. The number of fused-ring (bicyclic) bond motifs is 1. The summed E-state index contributed by atoms with van der Waals surface area (Å²) < 4.78 is 11.2. The first-order valence-corrected chi connectivity index (χ1v) is 13.7. The molecule has 1 atom stereocenters. The third kappa shape index (κ3) is 7.09. The summed E-state index contributed by atoms with van der Waals surface area (Å²) in [6, 6.07) is 24.7. The zero-order chi connectivity index (χ0) is 27.0. The predicted molar refractivity (Wildman–Crippen MR) is 151 cm³/mol. The molecule has 0 spiro atoms. The van der Waals surface area contributed by atoms with Crippen molar-refractivity contribution >= 4 is 11.7 Å². The summed E-state index contributed by atoms with van der Waals surface area (Å²) in [5.74, 6) is 0.251. The summed E-state index contributed by atoms with van der Waals surface area (Å²) in [7, 11) is 0. The zero-order valence-electron chi connectivity index (χ0n) is 22.2. The number of piperazine rings is 1. The highest BCUT2D eigenvalue weighted by atomic mass is 16.5. The molecule has 0 aromatic heterocycles. The quantitative estimate of drug-likeness (QED) is 0.363. The number of hydrogen-bond acceptors (Lipinski definition) is 7. The van der Waals surface area contributed by atoms with Crippen molar-refractivity contribution in [3.63, 3.8) is 0 Å². The smallest absolute Gasteiger partial charge is 0.329 e. The summed E-state index contributed by atoms with van der Waals surface area (Å²) in [4.78, 5) is 17.7. The van der Waals surface area contributed by atoms with E-state index in [4.69, 9.17) is 14.6 Å². The molecule has 2 N–H and O–H groups in total. The van der Waals surface area contributed by atoms with Gasteiger partial charge in [-0.3, -0.25) is 9.80 Å². The minimum atomic E-state index is -0.927. The van der Waals surface area contributed by atoms with Crippen LogP contribution >= 0.6 is 0 Å². The van der Waals surface area contributed by atoms with Gasteiger partial charge in [-0.2, -0.15) is 0 Å². The number of aromatic hydroxyl groups is 1. The van der Waals surface area contributed by atoms with E-state index in [1.165, 1.54) is 22.4 Å². The minimum Gasteiger partial charge on any atom is -0.508 e. The van der Waals surface area contributed by atoms with Crippen LogP contribution in [0.5, 0.6) is 11.5 Å². The van der Waals surface area contributed by atoms with Crippen molar-refractivity contribution in [3.05, 3.63) is 89.5 Å². The molecule has 206 valence electrons. The van der Waals surface area contributed by atoms with Gasteiger partial charge in [0.2, 0.25) is 0 Å². The Bertz CT molecular complexity index is 1210. The maximum atomic E-state index is 10.5. The van der Waals surface area contributed by atoms with Crippen molar-refractivity contribution in [1.82, 2.24) is 9.80 Å². The van der Waals surface area contributed by atoms with E-state index in [1.54, 1.807) is 6.07 Å². The third-order valence-corrected chi connectivity index (χ3v) is 7.56. The summed E-state index contributed by atoms with van der Waals surface area (Å²) in [6.07, 6.45) is 0.892. The fourth-order valence-corrected chi connectivity index (χ4v) is 5.50. The van der Waals surface area contributed by atoms with Crippen molar-refractivity contribution in [1.29, 1.82) is 0 Å². The van der Waals surface area contributed by atoms with Gasteiger partial charge >= 0.3 is 5.97 Å². The molecule has 0 bridgehead atoms. The SMILES string of the molecule is O=C(O)COCCN1CCN(CCOc2ccc(C3c4ccc(O)cc4CCN3c3ccccc3)cc2)CC1. The van der Waals surface area contributed by atoms with E-state index in [-0.39, 0.29) is 12.6 Å². The number of benzene rings is 3. The number of phenols is 1. The van der Waals surface area contributed by atoms with Gasteiger partial charge in [-0.1, -0.05) is 36.4 Å². The van der Waals surface area contributed by atoms with Crippen molar-refractivity contribution in [2.45, 2.75) is 12.5 Å². The van der Waals surface area contributed by atoms with Crippen LogP contribution < -0.4 is 9.64 Å². The van der Waals surface area contributed by atoms with Crippen LogP contribution in [-0.2, 0) is 16.0 Å². The number of phenolic OH excluding ortho intramolecular Hbond substituents is 1. The molecule has 3 aromatic rings. The molecule has 5 rings (SSSR count). The number of nitrogens with zero attached hydrogens (tertiary/aromatic N) is 3. The number of anilines is 1. The monoisotopic (exact) mass is 531 g/mol. The van der Waals surface area contributed by atoms with Crippen LogP contribution in [0.1, 0.15) is 22.7 Å². The number of rotatable bonds is 11. The fourth-order valence-electron chi connectivity index (χ4n) is 5.50. The Labute approximate surface area is 230 Å². The molecule has 3 aromatic carbocycles. The van der Waals surface area contributed by atoms with Crippen LogP contribution in [0.4, 0.5) is 5.69 Å². The average Bonchev–Trinajstić information content (AvgIpc) is 2.96. The van der Waals surface area contributed by atoms with Gasteiger partial charge in [0, 0.05) is 51.5 Å². The molecule has 0 amide bonds. The highest BCUT2D eigenvalue weighted by Gasteiger charge is 2.29. The first-order chi connectivity index (χ1) is 19.1. The second-order valence-electron chi connectivity index (χ2n) is 10.1. The number of carboxylic acids is 1. The molecule has 1 unspecified atom stereocenters. The lowest BCUT2D eigenvalue weighted by Gasteiger charge is -2.39. The molecule has 39 heavy (non-hydrogen) atoms. The van der Waals surface area contributed by atoms with Crippen molar-refractivity contribution in [2.24, 2.45) is 0 Å². The summed E-state index contributed by atoms with van der Waals surface area (Å²) >= 11 is 0. The molecule has 8 nitrogen and oxygen atoms in total. The Balaban J connectivity index is 1.15. The van der Waals surface area contributed by atoms with E-state index in [9.17, 15) is 9.90 Å². The molecule has 2 heterocycles. The number of aliphatic carboxylic acids is 1. The van der Waals surface area contributed by atoms with E-state index in [0.29, 0.717) is 19.0 Å². The average molecular weight is 532 g/mol. The van der Waals surface area contributed by atoms with Gasteiger partial charge in [0.1, 0.15) is 24.7 Å². The van der Waals surface area contributed by atoms with Gasteiger partial charge in [-0.25, -0.2) is 4.79 Å². The lowest BCUT2D eigenvalue weighted by Crippen LogP contribution is -2.48. The molecule has 0 aliphatic carbocycles. The van der Waals surface area contributed by atoms with Crippen LogP contribution in [0.3, 0.4) is 0 Å². The van der Waals surface area contributed by atoms with Gasteiger partial charge in [0.05, 0.1) is 12.6 Å². The Morgan fingerprint density at radius 1 is 0.846 bits per heavy atom. The second kappa shape index (κ2) is 13.0. The topological polar surface area (TPSA) is 85.7 Å². The lowest BCUT2D eigenvalue weighted by atomic mass is 9.87. The minimum absolute atomic E-state index is 0.0663. The van der Waals surface area contributed by atoms with E-state index in [0.717, 1.165) is 58.0 Å². The molecular formula is C31H37N3O5. The molecule has 1 saturated heterocycles. The van der Waals surface area contributed by atoms with Crippen molar-refractivity contribution < 1.29 is 24.5 Å². The first kappa shape index (κ1) is 27.0. The maximum Gasteiger partial charge on any atom is 0.329 e. The molecule has 0 saturated carbocycles. The number of ether oxygens (including phenoxy) is 2. The standard InChI is InChI=1S/C31H37N3O5/c35-27-8-11-29-25(22-27)12-13-34(26-4-2-1-3-5-26)31(29)24-6-9-28(10-7-24)39-21-19-33-16-14-32(15-17-33)18-20-38-23-30(36)37/h1-11,22,31,35H,12-21,23H2,(H,36,37). The largest absolute Gasteiger partial charge is 0.508 e. The highest BCUT2D eigenvalue weighted by molar-refractivity contribution is 5.68. The summed E-state index contributed by atoms with van der Waals surface area (Å²) in [5, 5.41) is 18.7. The van der Waals surface area contributed by atoms with Crippen LogP contribution in [0.2, 0.25) is 0 Å². The first-order valence-electron chi connectivity index (χ1n) is 13.7. The lowest BCUT2D eigenvalue weighted by molar-refractivity contribution is -0.142. The Kier molecular flexibility index (Phi) is 8.98. The van der Waals surface area contributed by atoms with E-state index < -0.39 is 5.97 Å². The van der Waals surface area contributed by atoms with Crippen LogP contribution in [0, 0.1) is 0 Å². The number of hydrogen-bond donors (Lipinski definition) is 2. The Hall–Kier alpha value is -3.59. The van der Waals surface area contributed by atoms with Crippen LogP contribution in [-0.4, -0.2) is 91.6 Å². The van der Waals surface area contributed by atoms with E-state index in [2.05, 4.69) is 69.3 Å². The van der Waals surface area contributed by atoms with E-state index >= 15 is 0 Å². The van der Waals surface area contributed by atoms with Crippen molar-refractivity contribution in [3.8, 4) is 11.5 Å². The number of carbonyl (C=O) groups is 1. The summed E-state index contributed by atoms with van der Waals surface area (Å²) in [6.45, 7) is 7.18. The summed E-state index contributed by atoms with van der Waals surface area (Å²) in [5.41, 5.74) is 4.81. The number of para-hydroxylation sites is 1. The van der Waals surface area contributed by atoms with Crippen LogP contribution in [0.15, 0.2) is 72.8 Å². The van der Waals surface area contributed by atoms with Gasteiger partial charge in [0.15, 0.2) is 0 Å². The molecule has 8 heteroatoms. The Morgan fingerprint density at radius 2 is 1.54 bits per heavy atom.